The average Bonchev–Trinajstić information content (AvgIpc) is 2.85. The summed E-state index contributed by atoms with van der Waals surface area (Å²) in [5.74, 6) is 0.858. The number of benzene rings is 3. The fourth-order valence-corrected chi connectivity index (χ4v) is 4.57. The molecule has 0 radical (unpaired) electrons. The van der Waals surface area contributed by atoms with E-state index in [1.807, 2.05) is 55.1 Å². The highest BCUT2D eigenvalue weighted by Crippen LogP contribution is 2.23. The minimum atomic E-state index is -0.0407. The molecular formula is C29H35N3O2. The predicted octanol–water partition coefficient (Wildman–Crippen LogP) is 6.09. The second-order valence-electron chi connectivity index (χ2n) is 9.00. The Bertz CT molecular complexity index is 1040. The van der Waals surface area contributed by atoms with E-state index in [9.17, 15) is 4.79 Å². The Morgan fingerprint density at radius 1 is 0.971 bits per heavy atom. The standard InChI is InChI=1S/C29H35N3O2/c1-3-34-28-14-12-25(13-15-28)22-32(29(33)30-26-11-7-8-23(2)20-26)27-16-18-31(19-17-27)21-24-9-5-4-6-10-24/h4-15,20,27H,3,16-19,21-22H2,1-2H3,(H,30,33). The lowest BCUT2D eigenvalue weighted by molar-refractivity contribution is 0.120. The Morgan fingerprint density at radius 2 is 1.71 bits per heavy atom. The maximum absolute atomic E-state index is 13.4. The molecule has 2 amide bonds. The number of piperidine rings is 1. The van der Waals surface area contributed by atoms with Crippen molar-refractivity contribution in [2.45, 2.75) is 45.8 Å². The van der Waals surface area contributed by atoms with Crippen molar-refractivity contribution >= 4 is 11.7 Å². The molecule has 1 aliphatic rings. The molecule has 3 aromatic carbocycles. The number of anilines is 1. The SMILES string of the molecule is CCOc1ccc(CN(C(=O)Nc2cccc(C)c2)C2CCN(Cc3ccccc3)CC2)cc1. The molecule has 1 fully saturated rings. The first-order chi connectivity index (χ1) is 16.6. The lowest BCUT2D eigenvalue weighted by atomic mass is 10.0. The Hall–Kier alpha value is -3.31. The number of nitrogens with one attached hydrogen (secondary N) is 1. The number of ether oxygens (including phenoxy) is 1. The van der Waals surface area contributed by atoms with Gasteiger partial charge in [-0.2, -0.15) is 0 Å². The number of urea groups is 1. The number of aryl methyl sites for hydroxylation is 1. The van der Waals surface area contributed by atoms with Gasteiger partial charge in [-0.1, -0.05) is 54.6 Å². The molecule has 4 rings (SSSR count). The minimum absolute atomic E-state index is 0.0407. The molecule has 1 aliphatic heterocycles. The Morgan fingerprint density at radius 3 is 2.38 bits per heavy atom. The van der Waals surface area contributed by atoms with Crippen LogP contribution in [0.3, 0.4) is 0 Å². The zero-order valence-electron chi connectivity index (χ0n) is 20.2. The number of rotatable bonds is 8. The van der Waals surface area contributed by atoms with E-state index in [1.165, 1.54) is 5.56 Å². The van der Waals surface area contributed by atoms with Crippen LogP contribution in [0.2, 0.25) is 0 Å². The molecule has 0 bridgehead atoms. The third-order valence-electron chi connectivity index (χ3n) is 6.36. The van der Waals surface area contributed by atoms with Gasteiger partial charge in [0.1, 0.15) is 5.75 Å². The van der Waals surface area contributed by atoms with Crippen LogP contribution in [-0.2, 0) is 13.1 Å². The van der Waals surface area contributed by atoms with E-state index < -0.39 is 0 Å². The van der Waals surface area contributed by atoms with Crippen LogP contribution in [0.15, 0.2) is 78.9 Å². The zero-order chi connectivity index (χ0) is 23.8. The molecule has 3 aromatic rings. The highest BCUT2D eigenvalue weighted by molar-refractivity contribution is 5.89. The Labute approximate surface area is 203 Å². The van der Waals surface area contributed by atoms with Crippen molar-refractivity contribution in [1.29, 1.82) is 0 Å². The van der Waals surface area contributed by atoms with Crippen LogP contribution < -0.4 is 10.1 Å². The molecule has 1 saturated heterocycles. The summed E-state index contributed by atoms with van der Waals surface area (Å²) in [4.78, 5) is 17.9. The van der Waals surface area contributed by atoms with Gasteiger partial charge in [0.15, 0.2) is 0 Å². The molecule has 0 spiro atoms. The molecule has 0 saturated carbocycles. The summed E-state index contributed by atoms with van der Waals surface area (Å²) < 4.78 is 5.58. The second kappa shape index (κ2) is 11.7. The van der Waals surface area contributed by atoms with Crippen molar-refractivity contribution < 1.29 is 9.53 Å². The number of carbonyl (C=O) groups excluding carboxylic acids is 1. The van der Waals surface area contributed by atoms with E-state index in [0.717, 1.165) is 55.0 Å². The first-order valence-electron chi connectivity index (χ1n) is 12.2. The molecule has 0 aromatic heterocycles. The van der Waals surface area contributed by atoms with Gasteiger partial charge in [-0.3, -0.25) is 4.90 Å². The van der Waals surface area contributed by atoms with Gasteiger partial charge in [-0.05, 0) is 67.6 Å². The highest BCUT2D eigenvalue weighted by atomic mass is 16.5. The Balaban J connectivity index is 1.44. The molecule has 178 valence electrons. The minimum Gasteiger partial charge on any atom is -0.494 e. The summed E-state index contributed by atoms with van der Waals surface area (Å²) in [7, 11) is 0. The van der Waals surface area contributed by atoms with E-state index in [4.69, 9.17) is 4.74 Å². The number of hydrogen-bond acceptors (Lipinski definition) is 3. The number of likely N-dealkylation sites (tertiary alicyclic amines) is 1. The molecule has 1 N–H and O–H groups in total. The van der Waals surface area contributed by atoms with E-state index >= 15 is 0 Å². The topological polar surface area (TPSA) is 44.8 Å². The molecule has 1 heterocycles. The smallest absolute Gasteiger partial charge is 0.322 e. The number of nitrogens with zero attached hydrogens (tertiary/aromatic N) is 2. The quantitative estimate of drug-likeness (QED) is 0.445. The summed E-state index contributed by atoms with van der Waals surface area (Å²) in [6.45, 7) is 8.17. The lowest BCUT2D eigenvalue weighted by Crippen LogP contribution is -2.48. The summed E-state index contributed by atoms with van der Waals surface area (Å²) >= 11 is 0. The monoisotopic (exact) mass is 457 g/mol. The van der Waals surface area contributed by atoms with Gasteiger partial charge < -0.3 is 15.0 Å². The largest absolute Gasteiger partial charge is 0.494 e. The Kier molecular flexibility index (Phi) is 8.21. The normalized spacial score (nSPS) is 14.5. The summed E-state index contributed by atoms with van der Waals surface area (Å²) in [6.07, 6.45) is 1.93. The number of hydrogen-bond donors (Lipinski definition) is 1. The van der Waals surface area contributed by atoms with Crippen LogP contribution in [0.5, 0.6) is 5.75 Å². The van der Waals surface area contributed by atoms with Crippen molar-refractivity contribution in [3.8, 4) is 5.75 Å². The van der Waals surface area contributed by atoms with E-state index in [1.54, 1.807) is 0 Å². The second-order valence-corrected chi connectivity index (χ2v) is 9.00. The van der Waals surface area contributed by atoms with Crippen molar-refractivity contribution in [1.82, 2.24) is 9.80 Å². The van der Waals surface area contributed by atoms with Gasteiger partial charge in [0, 0.05) is 37.9 Å². The molecule has 0 atom stereocenters. The third kappa shape index (κ3) is 6.61. The maximum Gasteiger partial charge on any atom is 0.322 e. The summed E-state index contributed by atoms with van der Waals surface area (Å²) in [6, 6.07) is 26.8. The predicted molar refractivity (Wildman–Crippen MR) is 138 cm³/mol. The van der Waals surface area contributed by atoms with Crippen LogP contribution in [-0.4, -0.2) is 41.6 Å². The molecule has 34 heavy (non-hydrogen) atoms. The van der Waals surface area contributed by atoms with Crippen LogP contribution >= 0.6 is 0 Å². The van der Waals surface area contributed by atoms with Gasteiger partial charge in [0.25, 0.3) is 0 Å². The van der Waals surface area contributed by atoms with Gasteiger partial charge in [-0.25, -0.2) is 4.79 Å². The fourth-order valence-electron chi connectivity index (χ4n) is 4.57. The lowest BCUT2D eigenvalue weighted by Gasteiger charge is -2.38. The summed E-state index contributed by atoms with van der Waals surface area (Å²) in [5, 5.41) is 3.13. The third-order valence-corrected chi connectivity index (χ3v) is 6.36. The van der Waals surface area contributed by atoms with Gasteiger partial charge in [0.05, 0.1) is 6.61 Å². The highest BCUT2D eigenvalue weighted by Gasteiger charge is 2.28. The van der Waals surface area contributed by atoms with Crippen molar-refractivity contribution in [2.75, 3.05) is 25.0 Å². The first kappa shape index (κ1) is 23.8. The summed E-state index contributed by atoms with van der Waals surface area (Å²) in [5.41, 5.74) is 4.41. The van der Waals surface area contributed by atoms with Gasteiger partial charge in [0.2, 0.25) is 0 Å². The zero-order valence-corrected chi connectivity index (χ0v) is 20.2. The molecular weight excluding hydrogens is 422 g/mol. The van der Waals surface area contributed by atoms with Crippen LogP contribution in [0.4, 0.5) is 10.5 Å². The first-order valence-corrected chi connectivity index (χ1v) is 12.2. The van der Waals surface area contributed by atoms with Crippen molar-refractivity contribution in [3.63, 3.8) is 0 Å². The molecule has 5 heteroatoms. The van der Waals surface area contributed by atoms with Crippen LogP contribution in [0.25, 0.3) is 0 Å². The van der Waals surface area contributed by atoms with Gasteiger partial charge in [-0.15, -0.1) is 0 Å². The molecule has 0 aliphatic carbocycles. The van der Waals surface area contributed by atoms with Crippen LogP contribution in [0, 0.1) is 6.92 Å². The van der Waals surface area contributed by atoms with Crippen LogP contribution in [0.1, 0.15) is 36.5 Å². The van der Waals surface area contributed by atoms with Crippen molar-refractivity contribution in [3.05, 3.63) is 95.6 Å². The van der Waals surface area contributed by atoms with E-state index in [-0.39, 0.29) is 12.1 Å². The fraction of sp³-hybridized carbons (Fsp3) is 0.345. The average molecular weight is 458 g/mol. The number of carbonyl (C=O) groups is 1. The van der Waals surface area contributed by atoms with Crippen molar-refractivity contribution in [2.24, 2.45) is 0 Å². The van der Waals surface area contributed by atoms with E-state index in [0.29, 0.717) is 13.2 Å². The van der Waals surface area contributed by atoms with Gasteiger partial charge >= 0.3 is 6.03 Å². The molecule has 0 unspecified atom stereocenters. The maximum atomic E-state index is 13.4. The van der Waals surface area contributed by atoms with E-state index in [2.05, 4.69) is 52.7 Å². The molecule has 5 nitrogen and oxygen atoms in total. The number of amides is 2.